The lowest BCUT2D eigenvalue weighted by atomic mass is 9.94. The number of hydrogen-bond acceptors (Lipinski definition) is 3. The first-order valence-electron chi connectivity index (χ1n) is 7.02. The van der Waals surface area contributed by atoms with Crippen LogP contribution in [0.2, 0.25) is 0 Å². The van der Waals surface area contributed by atoms with E-state index in [-0.39, 0.29) is 5.91 Å². The van der Waals surface area contributed by atoms with E-state index in [1.165, 1.54) is 0 Å². The van der Waals surface area contributed by atoms with Crippen molar-refractivity contribution in [2.75, 3.05) is 12.3 Å². The fourth-order valence-electron chi connectivity index (χ4n) is 2.35. The number of halogens is 1. The number of primary amides is 1. The molecule has 0 heterocycles. The highest BCUT2D eigenvalue weighted by atomic mass is 79.9. The normalized spacial score (nSPS) is 17.7. The molecule has 1 aromatic carbocycles. The maximum absolute atomic E-state index is 12.0. The van der Waals surface area contributed by atoms with Crippen LogP contribution in [0.4, 0.5) is 0 Å². The van der Waals surface area contributed by atoms with E-state index in [1.807, 2.05) is 12.1 Å². The highest BCUT2D eigenvalue weighted by Crippen LogP contribution is 2.42. The first-order valence-corrected chi connectivity index (χ1v) is 8.79. The summed E-state index contributed by atoms with van der Waals surface area (Å²) in [6.45, 7) is 2.94. The Morgan fingerprint density at radius 1 is 1.55 bits per heavy atom. The van der Waals surface area contributed by atoms with Gasteiger partial charge in [0.25, 0.3) is 0 Å². The predicted octanol–water partition coefficient (Wildman–Crippen LogP) is 3.17. The fourth-order valence-corrected chi connectivity index (χ4v) is 4.16. The zero-order valence-electron chi connectivity index (χ0n) is 11.7. The van der Waals surface area contributed by atoms with E-state index in [2.05, 4.69) is 40.3 Å². The van der Waals surface area contributed by atoms with Gasteiger partial charge in [-0.3, -0.25) is 4.79 Å². The largest absolute Gasteiger partial charge is 0.368 e. The van der Waals surface area contributed by atoms with Crippen molar-refractivity contribution in [3.63, 3.8) is 0 Å². The summed E-state index contributed by atoms with van der Waals surface area (Å²) >= 11 is 5.17. The third-order valence-corrected chi connectivity index (χ3v) is 5.35. The monoisotopic (exact) mass is 356 g/mol. The number of hydrogen-bond donors (Lipinski definition) is 2. The number of nitrogens with one attached hydrogen (secondary N) is 1. The maximum atomic E-state index is 12.0. The number of amides is 1. The van der Waals surface area contributed by atoms with E-state index >= 15 is 0 Å². The van der Waals surface area contributed by atoms with Crippen LogP contribution in [0.15, 0.2) is 33.6 Å². The first kappa shape index (κ1) is 15.9. The minimum Gasteiger partial charge on any atom is -0.368 e. The van der Waals surface area contributed by atoms with Crippen molar-refractivity contribution in [3.05, 3.63) is 28.7 Å². The number of carbonyl (C=O) groups excluding carboxylic acids is 1. The summed E-state index contributed by atoms with van der Waals surface area (Å²) in [4.78, 5) is 13.2. The lowest BCUT2D eigenvalue weighted by Gasteiger charge is -2.31. The smallest absolute Gasteiger partial charge is 0.238 e. The molecule has 1 aromatic rings. The minimum absolute atomic E-state index is 0.212. The SMILES string of the molecule is CCCNC(CSc1cccc(Br)c1)(C(N)=O)C1CC1. The number of carbonyl (C=O) groups is 1. The highest BCUT2D eigenvalue weighted by Gasteiger charge is 2.49. The van der Waals surface area contributed by atoms with Gasteiger partial charge >= 0.3 is 0 Å². The molecule has 1 atom stereocenters. The van der Waals surface area contributed by atoms with Crippen molar-refractivity contribution in [1.82, 2.24) is 5.32 Å². The van der Waals surface area contributed by atoms with Gasteiger partial charge in [0.05, 0.1) is 0 Å². The Bertz CT molecular complexity index is 479. The second-order valence-electron chi connectivity index (χ2n) is 5.28. The molecule has 20 heavy (non-hydrogen) atoms. The van der Waals surface area contributed by atoms with E-state index in [1.54, 1.807) is 11.8 Å². The summed E-state index contributed by atoms with van der Waals surface area (Å²) in [6, 6.07) is 8.15. The van der Waals surface area contributed by atoms with Gasteiger partial charge in [-0.2, -0.15) is 0 Å². The van der Waals surface area contributed by atoms with Gasteiger partial charge in [0.15, 0.2) is 0 Å². The molecule has 0 aromatic heterocycles. The van der Waals surface area contributed by atoms with Crippen LogP contribution < -0.4 is 11.1 Å². The molecule has 3 N–H and O–H groups in total. The molecule has 1 amide bonds. The molecule has 1 unspecified atom stereocenters. The number of benzene rings is 1. The lowest BCUT2D eigenvalue weighted by Crippen LogP contribution is -2.59. The second kappa shape index (κ2) is 6.96. The van der Waals surface area contributed by atoms with Gasteiger partial charge in [-0.15, -0.1) is 11.8 Å². The molecule has 0 spiro atoms. The van der Waals surface area contributed by atoms with Crippen LogP contribution in [0.1, 0.15) is 26.2 Å². The van der Waals surface area contributed by atoms with Gasteiger partial charge in [0.2, 0.25) is 5.91 Å². The lowest BCUT2D eigenvalue weighted by molar-refractivity contribution is -0.124. The van der Waals surface area contributed by atoms with Crippen molar-refractivity contribution in [2.24, 2.45) is 11.7 Å². The van der Waals surface area contributed by atoms with E-state index in [9.17, 15) is 4.79 Å². The van der Waals surface area contributed by atoms with Crippen molar-refractivity contribution in [3.8, 4) is 0 Å². The van der Waals surface area contributed by atoms with Gasteiger partial charge in [0.1, 0.15) is 5.54 Å². The van der Waals surface area contributed by atoms with Gasteiger partial charge in [0, 0.05) is 15.1 Å². The zero-order valence-corrected chi connectivity index (χ0v) is 14.1. The van der Waals surface area contributed by atoms with Crippen LogP contribution in [0.3, 0.4) is 0 Å². The van der Waals surface area contributed by atoms with Crippen molar-refractivity contribution in [2.45, 2.75) is 36.6 Å². The number of thioether (sulfide) groups is 1. The van der Waals surface area contributed by atoms with Gasteiger partial charge < -0.3 is 11.1 Å². The van der Waals surface area contributed by atoms with E-state index in [0.29, 0.717) is 11.7 Å². The molecule has 1 saturated carbocycles. The second-order valence-corrected chi connectivity index (χ2v) is 7.25. The molecule has 0 aliphatic heterocycles. The Labute approximate surface area is 133 Å². The summed E-state index contributed by atoms with van der Waals surface area (Å²) in [5, 5.41) is 3.42. The molecule has 0 radical (unpaired) electrons. The number of nitrogens with two attached hydrogens (primary N) is 1. The van der Waals surface area contributed by atoms with Crippen LogP contribution in [-0.4, -0.2) is 23.7 Å². The van der Waals surface area contributed by atoms with Crippen LogP contribution in [0.25, 0.3) is 0 Å². The average Bonchev–Trinajstić information content (AvgIpc) is 3.24. The Balaban J connectivity index is 2.09. The van der Waals surface area contributed by atoms with Crippen LogP contribution in [0.5, 0.6) is 0 Å². The summed E-state index contributed by atoms with van der Waals surface area (Å²) in [7, 11) is 0. The van der Waals surface area contributed by atoms with Crippen LogP contribution in [-0.2, 0) is 4.79 Å². The third kappa shape index (κ3) is 3.77. The zero-order chi connectivity index (χ0) is 14.6. The Hall–Kier alpha value is -0.520. The topological polar surface area (TPSA) is 55.1 Å². The van der Waals surface area contributed by atoms with Crippen molar-refractivity contribution in [1.29, 1.82) is 0 Å². The van der Waals surface area contributed by atoms with Crippen LogP contribution in [0, 0.1) is 5.92 Å². The Morgan fingerprint density at radius 2 is 2.30 bits per heavy atom. The van der Waals surface area contributed by atoms with Gasteiger partial charge in [-0.25, -0.2) is 0 Å². The van der Waals surface area contributed by atoms with E-state index < -0.39 is 5.54 Å². The van der Waals surface area contributed by atoms with Crippen molar-refractivity contribution >= 4 is 33.6 Å². The molecule has 1 fully saturated rings. The molecule has 5 heteroatoms. The summed E-state index contributed by atoms with van der Waals surface area (Å²) in [5.74, 6) is 0.880. The molecule has 110 valence electrons. The molecule has 2 rings (SSSR count). The van der Waals surface area contributed by atoms with Gasteiger partial charge in [-0.05, 0) is 49.9 Å². The predicted molar refractivity (Wildman–Crippen MR) is 87.8 cm³/mol. The summed E-state index contributed by atoms with van der Waals surface area (Å²) < 4.78 is 1.06. The molecular formula is C15H21BrN2OS. The molecule has 1 aliphatic carbocycles. The maximum Gasteiger partial charge on any atom is 0.238 e. The van der Waals surface area contributed by atoms with Gasteiger partial charge in [-0.1, -0.05) is 28.9 Å². The Morgan fingerprint density at radius 3 is 2.85 bits per heavy atom. The van der Waals surface area contributed by atoms with Crippen LogP contribution >= 0.6 is 27.7 Å². The number of rotatable bonds is 8. The van der Waals surface area contributed by atoms with E-state index in [0.717, 1.165) is 35.2 Å². The third-order valence-electron chi connectivity index (χ3n) is 3.67. The summed E-state index contributed by atoms with van der Waals surface area (Å²) in [5.41, 5.74) is 5.17. The fraction of sp³-hybridized carbons (Fsp3) is 0.533. The molecule has 0 bridgehead atoms. The molecular weight excluding hydrogens is 336 g/mol. The standard InChI is InChI=1S/C15H21BrN2OS/c1-2-8-18-15(14(17)19,11-6-7-11)10-20-13-5-3-4-12(16)9-13/h3-5,9,11,18H,2,6-8,10H2,1H3,(H2,17,19). The first-order chi connectivity index (χ1) is 9.58. The molecule has 1 aliphatic rings. The van der Waals surface area contributed by atoms with E-state index in [4.69, 9.17) is 5.73 Å². The van der Waals surface area contributed by atoms with Crippen molar-refractivity contribution < 1.29 is 4.79 Å². The molecule has 3 nitrogen and oxygen atoms in total. The summed E-state index contributed by atoms with van der Waals surface area (Å²) in [6.07, 6.45) is 3.20. The average molecular weight is 357 g/mol. The quantitative estimate of drug-likeness (QED) is 0.703. The highest BCUT2D eigenvalue weighted by molar-refractivity contribution is 9.10. The minimum atomic E-state index is -0.553. The molecule has 0 saturated heterocycles. The Kier molecular flexibility index (Phi) is 5.52.